The second kappa shape index (κ2) is 7.30. The van der Waals surface area contributed by atoms with Crippen LogP contribution >= 0.6 is 0 Å². The van der Waals surface area contributed by atoms with E-state index >= 15 is 0 Å². The minimum atomic E-state index is -0.148. The van der Waals surface area contributed by atoms with Crippen LogP contribution in [-0.4, -0.2) is 42.8 Å². The number of carbonyl (C=O) groups excluding carboxylic acids is 1. The second-order valence-corrected chi connectivity index (χ2v) is 6.50. The van der Waals surface area contributed by atoms with Crippen molar-refractivity contribution in [3.63, 3.8) is 0 Å². The minimum Gasteiger partial charge on any atom is -0.450 e. The molecule has 4 heteroatoms. The van der Waals surface area contributed by atoms with Gasteiger partial charge < -0.3 is 15.0 Å². The van der Waals surface area contributed by atoms with Gasteiger partial charge in [0.25, 0.3) is 0 Å². The van der Waals surface area contributed by atoms with Crippen LogP contribution < -0.4 is 5.32 Å². The van der Waals surface area contributed by atoms with E-state index in [1.807, 2.05) is 11.8 Å². The number of rotatable bonds is 3. The van der Waals surface area contributed by atoms with E-state index in [1.54, 1.807) is 0 Å². The Hall–Kier alpha value is -0.770. The first-order valence-electron chi connectivity index (χ1n) is 8.29. The van der Waals surface area contributed by atoms with Crippen LogP contribution in [0.3, 0.4) is 0 Å². The number of hydrogen-bond acceptors (Lipinski definition) is 3. The third-order valence-electron chi connectivity index (χ3n) is 5.18. The smallest absolute Gasteiger partial charge is 0.409 e. The van der Waals surface area contributed by atoms with Gasteiger partial charge in [0.15, 0.2) is 0 Å². The van der Waals surface area contributed by atoms with E-state index in [4.69, 9.17) is 4.74 Å². The number of likely N-dealkylation sites (tertiary alicyclic amines) is 1. The third kappa shape index (κ3) is 3.87. The summed E-state index contributed by atoms with van der Waals surface area (Å²) >= 11 is 0. The summed E-state index contributed by atoms with van der Waals surface area (Å²) in [7, 11) is 0. The van der Waals surface area contributed by atoms with Crippen LogP contribution in [0.25, 0.3) is 0 Å². The molecule has 1 saturated heterocycles. The van der Waals surface area contributed by atoms with Crippen LogP contribution in [0.1, 0.15) is 52.9 Å². The van der Waals surface area contributed by atoms with Gasteiger partial charge in [-0.1, -0.05) is 26.7 Å². The number of nitrogens with zero attached hydrogens (tertiary/aromatic N) is 1. The average molecular weight is 282 g/mol. The molecule has 0 aromatic heterocycles. The van der Waals surface area contributed by atoms with Crippen LogP contribution in [0.15, 0.2) is 0 Å². The van der Waals surface area contributed by atoms with Crippen molar-refractivity contribution in [3.8, 4) is 0 Å². The summed E-state index contributed by atoms with van der Waals surface area (Å²) in [6.45, 7) is 8.74. The van der Waals surface area contributed by atoms with Gasteiger partial charge in [-0.05, 0) is 38.0 Å². The number of hydrogen-bond donors (Lipinski definition) is 1. The highest BCUT2D eigenvalue weighted by molar-refractivity contribution is 5.67. The SMILES string of the molecule is CCOC(=O)N1CCC(N[C@H]2CCC[C@H](C)[C@@H]2C)CC1. The van der Waals surface area contributed by atoms with E-state index in [2.05, 4.69) is 19.2 Å². The van der Waals surface area contributed by atoms with Crippen LogP contribution in [0, 0.1) is 11.8 Å². The summed E-state index contributed by atoms with van der Waals surface area (Å²) in [6.07, 6.45) is 5.99. The summed E-state index contributed by atoms with van der Waals surface area (Å²) in [5, 5.41) is 3.85. The number of carbonyl (C=O) groups is 1. The van der Waals surface area contributed by atoms with Gasteiger partial charge >= 0.3 is 6.09 Å². The maximum absolute atomic E-state index is 11.7. The maximum atomic E-state index is 11.7. The van der Waals surface area contributed by atoms with Gasteiger partial charge in [0.1, 0.15) is 0 Å². The van der Waals surface area contributed by atoms with Gasteiger partial charge in [-0.25, -0.2) is 4.79 Å². The Kier molecular flexibility index (Phi) is 5.70. The molecule has 1 saturated carbocycles. The molecule has 1 heterocycles. The predicted octanol–water partition coefficient (Wildman–Crippen LogP) is 3.02. The van der Waals surface area contributed by atoms with Gasteiger partial charge in [-0.15, -0.1) is 0 Å². The molecule has 3 atom stereocenters. The molecule has 0 bridgehead atoms. The van der Waals surface area contributed by atoms with E-state index in [0.29, 0.717) is 18.7 Å². The Morgan fingerprint density at radius 1 is 1.20 bits per heavy atom. The molecule has 1 amide bonds. The highest BCUT2D eigenvalue weighted by atomic mass is 16.6. The molecule has 20 heavy (non-hydrogen) atoms. The monoisotopic (exact) mass is 282 g/mol. The molecule has 1 N–H and O–H groups in total. The van der Waals surface area contributed by atoms with Crippen LogP contribution in [0.2, 0.25) is 0 Å². The fourth-order valence-electron chi connectivity index (χ4n) is 3.56. The molecule has 2 fully saturated rings. The van der Waals surface area contributed by atoms with Gasteiger partial charge in [0, 0.05) is 25.2 Å². The van der Waals surface area contributed by atoms with Gasteiger partial charge in [-0.3, -0.25) is 0 Å². The minimum absolute atomic E-state index is 0.148. The van der Waals surface area contributed by atoms with Crippen molar-refractivity contribution in [1.29, 1.82) is 0 Å². The molecule has 0 radical (unpaired) electrons. The van der Waals surface area contributed by atoms with Gasteiger partial charge in [0.05, 0.1) is 6.61 Å². The van der Waals surface area contributed by atoms with E-state index < -0.39 is 0 Å². The second-order valence-electron chi connectivity index (χ2n) is 6.50. The predicted molar refractivity (Wildman–Crippen MR) is 80.7 cm³/mol. The molecule has 0 aromatic rings. The van der Waals surface area contributed by atoms with Gasteiger partial charge in [0.2, 0.25) is 0 Å². The fourth-order valence-corrected chi connectivity index (χ4v) is 3.56. The largest absolute Gasteiger partial charge is 0.450 e. The zero-order chi connectivity index (χ0) is 14.5. The maximum Gasteiger partial charge on any atom is 0.409 e. The van der Waals surface area contributed by atoms with Gasteiger partial charge in [-0.2, -0.15) is 0 Å². The van der Waals surface area contributed by atoms with E-state index in [-0.39, 0.29) is 6.09 Å². The van der Waals surface area contributed by atoms with Crippen molar-refractivity contribution >= 4 is 6.09 Å². The third-order valence-corrected chi connectivity index (χ3v) is 5.18. The molecule has 0 aromatic carbocycles. The lowest BCUT2D eigenvalue weighted by Crippen LogP contribution is -2.51. The molecule has 2 aliphatic rings. The molecule has 1 aliphatic carbocycles. The van der Waals surface area contributed by atoms with Crippen LogP contribution in [0.5, 0.6) is 0 Å². The van der Waals surface area contributed by atoms with Crippen molar-refractivity contribution < 1.29 is 9.53 Å². The molecule has 116 valence electrons. The topological polar surface area (TPSA) is 41.6 Å². The first-order valence-corrected chi connectivity index (χ1v) is 8.29. The van der Waals surface area contributed by atoms with Crippen molar-refractivity contribution in [2.45, 2.75) is 65.0 Å². The van der Waals surface area contributed by atoms with Crippen LogP contribution in [0.4, 0.5) is 4.79 Å². The zero-order valence-electron chi connectivity index (χ0n) is 13.2. The zero-order valence-corrected chi connectivity index (χ0v) is 13.2. The summed E-state index contributed by atoms with van der Waals surface area (Å²) in [5.74, 6) is 1.60. The quantitative estimate of drug-likeness (QED) is 0.865. The Morgan fingerprint density at radius 3 is 2.55 bits per heavy atom. The standard InChI is InChI=1S/C16H30N2O2/c1-4-20-16(19)18-10-8-14(9-11-18)17-15-7-5-6-12(2)13(15)3/h12-15,17H,4-11H2,1-3H3/t12-,13-,15-/m0/s1. The first kappa shape index (κ1) is 15.6. The summed E-state index contributed by atoms with van der Waals surface area (Å²) < 4.78 is 5.06. The number of ether oxygens (including phenoxy) is 1. The summed E-state index contributed by atoms with van der Waals surface area (Å²) in [4.78, 5) is 13.5. The lowest BCUT2D eigenvalue weighted by atomic mass is 9.77. The highest BCUT2D eigenvalue weighted by Gasteiger charge is 2.30. The lowest BCUT2D eigenvalue weighted by molar-refractivity contribution is 0.0910. The first-order chi connectivity index (χ1) is 9.61. The molecule has 1 aliphatic heterocycles. The Morgan fingerprint density at radius 2 is 1.90 bits per heavy atom. The number of amides is 1. The lowest BCUT2D eigenvalue weighted by Gasteiger charge is -2.39. The van der Waals surface area contributed by atoms with Crippen LogP contribution in [-0.2, 0) is 4.74 Å². The van der Waals surface area contributed by atoms with Crippen molar-refractivity contribution in [1.82, 2.24) is 10.2 Å². The molecular formula is C16H30N2O2. The van der Waals surface area contributed by atoms with Crippen molar-refractivity contribution in [2.24, 2.45) is 11.8 Å². The fraction of sp³-hybridized carbons (Fsp3) is 0.938. The Balaban J connectivity index is 1.75. The molecule has 0 spiro atoms. The van der Waals surface area contributed by atoms with E-state index in [1.165, 1.54) is 19.3 Å². The summed E-state index contributed by atoms with van der Waals surface area (Å²) in [6, 6.07) is 1.23. The molecule has 2 rings (SSSR count). The summed E-state index contributed by atoms with van der Waals surface area (Å²) in [5.41, 5.74) is 0. The van der Waals surface area contributed by atoms with Crippen molar-refractivity contribution in [3.05, 3.63) is 0 Å². The number of piperidine rings is 1. The molecule has 0 unspecified atom stereocenters. The average Bonchev–Trinajstić information content (AvgIpc) is 2.45. The normalized spacial score (nSPS) is 32.1. The number of nitrogens with one attached hydrogen (secondary N) is 1. The highest BCUT2D eigenvalue weighted by Crippen LogP contribution is 2.30. The van der Waals surface area contributed by atoms with E-state index in [9.17, 15) is 4.79 Å². The molecule has 4 nitrogen and oxygen atoms in total. The van der Waals surface area contributed by atoms with Crippen molar-refractivity contribution in [2.75, 3.05) is 19.7 Å². The Labute approximate surface area is 123 Å². The van der Waals surface area contributed by atoms with E-state index in [0.717, 1.165) is 37.8 Å². The Bertz CT molecular complexity index is 314. The molecular weight excluding hydrogens is 252 g/mol.